The molecule has 0 bridgehead atoms. The standard InChI is InChI=1S/C28H35N3OS2/c1-19-14-15-20(2)24(17-19)23-13-9-8-12-22(23)11-7-6-10-16-31(28(29)32)26-25(33-4)18-21(3)30-27(26)34-5/h8-9,12-15,17-18H,6-7,10-11,16H2,1-5H3,(H2,29,32). The van der Waals surface area contributed by atoms with Crippen molar-refractivity contribution in [1.29, 1.82) is 0 Å². The highest BCUT2D eigenvalue weighted by Crippen LogP contribution is 2.37. The van der Waals surface area contributed by atoms with Gasteiger partial charge in [-0.25, -0.2) is 9.78 Å². The minimum absolute atomic E-state index is 0.420. The smallest absolute Gasteiger partial charge is 0.319 e. The number of amides is 2. The van der Waals surface area contributed by atoms with Gasteiger partial charge in [0.1, 0.15) is 5.03 Å². The molecule has 1 aromatic heterocycles. The molecule has 3 rings (SSSR count). The molecule has 0 aliphatic heterocycles. The molecule has 180 valence electrons. The van der Waals surface area contributed by atoms with E-state index in [0.29, 0.717) is 6.54 Å². The quantitative estimate of drug-likeness (QED) is 0.236. The number of benzene rings is 2. The number of carbonyl (C=O) groups excluding carboxylic acids is 1. The molecule has 0 unspecified atom stereocenters. The maximum atomic E-state index is 12.4. The molecule has 34 heavy (non-hydrogen) atoms. The lowest BCUT2D eigenvalue weighted by molar-refractivity contribution is 0.253. The van der Waals surface area contributed by atoms with Gasteiger partial charge < -0.3 is 5.73 Å². The molecule has 0 radical (unpaired) electrons. The summed E-state index contributed by atoms with van der Waals surface area (Å²) in [6, 6.07) is 17.0. The topological polar surface area (TPSA) is 59.2 Å². The van der Waals surface area contributed by atoms with Crippen LogP contribution in [0.5, 0.6) is 0 Å². The molecule has 0 aliphatic carbocycles. The van der Waals surface area contributed by atoms with E-state index in [2.05, 4.69) is 61.3 Å². The predicted molar refractivity (Wildman–Crippen MR) is 148 cm³/mol. The highest BCUT2D eigenvalue weighted by atomic mass is 32.2. The van der Waals surface area contributed by atoms with Gasteiger partial charge in [-0.3, -0.25) is 4.90 Å². The van der Waals surface area contributed by atoms with Crippen LogP contribution in [0.4, 0.5) is 10.5 Å². The van der Waals surface area contributed by atoms with Gasteiger partial charge in [0, 0.05) is 17.1 Å². The predicted octanol–water partition coefficient (Wildman–Crippen LogP) is 7.42. The van der Waals surface area contributed by atoms with E-state index in [4.69, 9.17) is 5.73 Å². The zero-order chi connectivity index (χ0) is 24.7. The molecule has 4 nitrogen and oxygen atoms in total. The van der Waals surface area contributed by atoms with Crippen LogP contribution in [0.3, 0.4) is 0 Å². The fourth-order valence-corrected chi connectivity index (χ4v) is 5.68. The summed E-state index contributed by atoms with van der Waals surface area (Å²) in [4.78, 5) is 19.8. The maximum absolute atomic E-state index is 12.4. The van der Waals surface area contributed by atoms with Crippen molar-refractivity contribution in [3.63, 3.8) is 0 Å². The zero-order valence-corrected chi connectivity index (χ0v) is 22.5. The second-order valence-electron chi connectivity index (χ2n) is 8.60. The third-order valence-electron chi connectivity index (χ3n) is 6.03. The highest BCUT2D eigenvalue weighted by molar-refractivity contribution is 7.99. The summed E-state index contributed by atoms with van der Waals surface area (Å²) in [6.45, 7) is 6.90. The second kappa shape index (κ2) is 12.3. The summed E-state index contributed by atoms with van der Waals surface area (Å²) in [6.07, 6.45) is 8.00. The Labute approximate surface area is 212 Å². The Morgan fingerprint density at radius 3 is 2.41 bits per heavy atom. The number of unbranched alkanes of at least 4 members (excludes halogenated alkanes) is 2. The second-order valence-corrected chi connectivity index (χ2v) is 10.2. The van der Waals surface area contributed by atoms with E-state index >= 15 is 0 Å². The number of nitrogens with zero attached hydrogens (tertiary/aromatic N) is 2. The maximum Gasteiger partial charge on any atom is 0.319 e. The Morgan fingerprint density at radius 2 is 1.71 bits per heavy atom. The lowest BCUT2D eigenvalue weighted by Crippen LogP contribution is -2.37. The van der Waals surface area contributed by atoms with Gasteiger partial charge in [0.15, 0.2) is 0 Å². The van der Waals surface area contributed by atoms with Crippen molar-refractivity contribution in [2.45, 2.75) is 56.4 Å². The van der Waals surface area contributed by atoms with E-state index in [0.717, 1.165) is 47.0 Å². The Morgan fingerprint density at radius 1 is 0.941 bits per heavy atom. The average Bonchev–Trinajstić information content (AvgIpc) is 2.82. The number of aromatic nitrogens is 1. The number of hydrogen-bond donors (Lipinski definition) is 1. The molecule has 0 saturated carbocycles. The van der Waals surface area contributed by atoms with Crippen LogP contribution in [0.25, 0.3) is 11.1 Å². The van der Waals surface area contributed by atoms with Crippen LogP contribution in [0.15, 0.2) is 58.5 Å². The van der Waals surface area contributed by atoms with Crippen LogP contribution in [-0.2, 0) is 6.42 Å². The van der Waals surface area contributed by atoms with E-state index in [1.54, 1.807) is 28.4 Å². The normalized spacial score (nSPS) is 11.0. The van der Waals surface area contributed by atoms with Crippen molar-refractivity contribution in [1.82, 2.24) is 4.98 Å². The van der Waals surface area contributed by atoms with Gasteiger partial charge in [-0.05, 0) is 80.9 Å². The minimum atomic E-state index is -0.420. The molecular formula is C28H35N3OS2. The summed E-state index contributed by atoms with van der Waals surface area (Å²) < 4.78 is 0. The third-order valence-corrected chi connectivity index (χ3v) is 7.45. The Hall–Kier alpha value is -2.44. The van der Waals surface area contributed by atoms with E-state index in [9.17, 15) is 4.79 Å². The Bertz CT molecular complexity index is 1120. The number of urea groups is 1. The minimum Gasteiger partial charge on any atom is -0.351 e. The number of rotatable bonds is 10. The van der Waals surface area contributed by atoms with Crippen LogP contribution in [0.1, 0.15) is 41.6 Å². The lowest BCUT2D eigenvalue weighted by Gasteiger charge is -2.25. The van der Waals surface area contributed by atoms with Crippen molar-refractivity contribution in [3.8, 4) is 11.1 Å². The van der Waals surface area contributed by atoms with Crippen LogP contribution < -0.4 is 10.6 Å². The van der Waals surface area contributed by atoms with Crippen molar-refractivity contribution >= 4 is 35.2 Å². The molecule has 0 spiro atoms. The third kappa shape index (κ3) is 6.36. The summed E-state index contributed by atoms with van der Waals surface area (Å²) in [7, 11) is 0. The summed E-state index contributed by atoms with van der Waals surface area (Å²) in [5.41, 5.74) is 14.2. The van der Waals surface area contributed by atoms with Gasteiger partial charge in [0.25, 0.3) is 0 Å². The summed E-state index contributed by atoms with van der Waals surface area (Å²) in [5, 5.41) is 0.852. The molecule has 0 fully saturated rings. The Kier molecular flexibility index (Phi) is 9.48. The summed E-state index contributed by atoms with van der Waals surface area (Å²) >= 11 is 3.18. The monoisotopic (exact) mass is 493 g/mol. The molecule has 0 aliphatic rings. The first-order chi connectivity index (χ1) is 16.3. The van der Waals surface area contributed by atoms with Crippen LogP contribution in [0.2, 0.25) is 0 Å². The largest absolute Gasteiger partial charge is 0.351 e. The van der Waals surface area contributed by atoms with Crippen molar-refractivity contribution in [3.05, 3.63) is 70.9 Å². The molecule has 6 heteroatoms. The molecule has 2 amide bonds. The van der Waals surface area contributed by atoms with E-state index in [1.807, 2.05) is 25.5 Å². The molecule has 0 saturated heterocycles. The van der Waals surface area contributed by atoms with Gasteiger partial charge in [-0.15, -0.1) is 23.5 Å². The fraction of sp³-hybridized carbons (Fsp3) is 0.357. The van der Waals surface area contributed by atoms with Gasteiger partial charge in [-0.2, -0.15) is 0 Å². The summed E-state index contributed by atoms with van der Waals surface area (Å²) in [5.74, 6) is 0. The van der Waals surface area contributed by atoms with Crippen molar-refractivity contribution in [2.75, 3.05) is 24.0 Å². The first-order valence-electron chi connectivity index (χ1n) is 11.7. The average molecular weight is 494 g/mol. The van der Waals surface area contributed by atoms with Crippen LogP contribution in [0, 0.1) is 20.8 Å². The van der Waals surface area contributed by atoms with Crippen LogP contribution >= 0.6 is 23.5 Å². The van der Waals surface area contributed by atoms with Crippen molar-refractivity contribution in [2.24, 2.45) is 5.73 Å². The number of hydrogen-bond acceptors (Lipinski definition) is 4. The van der Waals surface area contributed by atoms with Gasteiger partial charge in [0.05, 0.1) is 5.69 Å². The number of aryl methyl sites for hydroxylation is 4. The van der Waals surface area contributed by atoms with Crippen LogP contribution in [-0.4, -0.2) is 30.1 Å². The highest BCUT2D eigenvalue weighted by Gasteiger charge is 2.21. The van der Waals surface area contributed by atoms with Crippen molar-refractivity contribution < 1.29 is 4.79 Å². The fourth-order valence-electron chi connectivity index (χ4n) is 4.28. The zero-order valence-electron chi connectivity index (χ0n) is 20.9. The van der Waals surface area contributed by atoms with Gasteiger partial charge in [-0.1, -0.05) is 54.4 Å². The molecule has 2 N–H and O–H groups in total. The number of primary amides is 1. The number of anilines is 1. The SMILES string of the molecule is CSc1cc(C)nc(SC)c1N(CCCCCc1ccccc1-c1cc(C)ccc1C)C(N)=O. The number of nitrogens with two attached hydrogens (primary N) is 1. The first kappa shape index (κ1) is 26.2. The Balaban J connectivity index is 1.67. The lowest BCUT2D eigenvalue weighted by atomic mass is 9.92. The molecule has 2 aromatic carbocycles. The van der Waals surface area contributed by atoms with E-state index < -0.39 is 6.03 Å². The molecule has 3 aromatic rings. The van der Waals surface area contributed by atoms with Gasteiger partial charge in [0.2, 0.25) is 0 Å². The van der Waals surface area contributed by atoms with Gasteiger partial charge >= 0.3 is 6.03 Å². The number of thioether (sulfide) groups is 2. The number of carbonyl (C=O) groups is 1. The molecule has 0 atom stereocenters. The molecule has 1 heterocycles. The first-order valence-corrected chi connectivity index (χ1v) is 14.1. The number of pyridine rings is 1. The molecular weight excluding hydrogens is 458 g/mol. The van der Waals surface area contributed by atoms with E-state index in [-0.39, 0.29) is 0 Å². The van der Waals surface area contributed by atoms with E-state index in [1.165, 1.54) is 27.8 Å².